The highest BCUT2D eigenvalue weighted by atomic mass is 16.6. The second kappa shape index (κ2) is 18.3. The molecule has 1 aliphatic heterocycles. The summed E-state index contributed by atoms with van der Waals surface area (Å²) in [5.74, 6) is -14.1. The first-order chi connectivity index (χ1) is 17.5. The van der Waals surface area contributed by atoms with Crippen molar-refractivity contribution in [2.45, 2.75) is 55.4 Å². The lowest BCUT2D eigenvalue weighted by Gasteiger charge is -2.20. The van der Waals surface area contributed by atoms with E-state index in [0.717, 1.165) is 0 Å². The number of carbonyl (C=O) groups is 8. The molecule has 224 valence electrons. The Labute approximate surface area is 224 Å². The maximum Gasteiger partial charge on any atom is 0.317 e. The molecule has 8 atom stereocenters. The summed E-state index contributed by atoms with van der Waals surface area (Å²) < 4.78 is 4.31. The van der Waals surface area contributed by atoms with Crippen LogP contribution in [0.2, 0.25) is 0 Å². The van der Waals surface area contributed by atoms with Crippen LogP contribution in [0.25, 0.3) is 0 Å². The predicted molar refractivity (Wildman–Crippen MR) is 122 cm³/mol. The molecule has 1 heterocycles. The van der Waals surface area contributed by atoms with Crippen molar-refractivity contribution in [2.24, 2.45) is 47.3 Å². The van der Waals surface area contributed by atoms with E-state index in [0.29, 0.717) is 0 Å². The molecule has 3 N–H and O–H groups in total. The molecule has 0 amide bonds. The van der Waals surface area contributed by atoms with Crippen LogP contribution in [-0.2, 0) is 43.1 Å². The van der Waals surface area contributed by atoms with Crippen LogP contribution >= 0.6 is 0 Å². The number of ether oxygens (including phenoxy) is 1. The van der Waals surface area contributed by atoms with Crippen molar-refractivity contribution < 1.29 is 73.7 Å². The fraction of sp³-hybridized carbons (Fsp3) is 0.667. The summed E-state index contributed by atoms with van der Waals surface area (Å²) in [4.78, 5) is 81.8. The van der Waals surface area contributed by atoms with Gasteiger partial charge in [0.1, 0.15) is 0 Å². The molecule has 15 heteroatoms. The summed E-state index contributed by atoms with van der Waals surface area (Å²) in [6.45, 7) is 11.3. The van der Waals surface area contributed by atoms with Gasteiger partial charge < -0.3 is 49.8 Å². The predicted octanol–water partition coefficient (Wildman–Crippen LogP) is -2.38. The minimum absolute atomic E-state index is 0.252. The molecule has 0 aromatic carbocycles. The standard InChI is InChI=1S/3C6H10O4.C6H8O3/c3*1-3(5(7)8)4(2)6(9)10;1-3-4(2)6(8)9-5(3)7/h3*3-4H,1-2H3,(H,7,8)(H,9,10);3-4H,1-2H3/p-3. The molecule has 15 nitrogen and oxygen atoms in total. The molecule has 8 unspecified atom stereocenters. The number of carboxylic acids is 6. The van der Waals surface area contributed by atoms with Gasteiger partial charge in [0.05, 0.1) is 29.6 Å². The van der Waals surface area contributed by atoms with E-state index in [-0.39, 0.29) is 11.8 Å². The van der Waals surface area contributed by atoms with E-state index in [1.165, 1.54) is 41.5 Å². The first-order valence-corrected chi connectivity index (χ1v) is 11.6. The van der Waals surface area contributed by atoms with Crippen LogP contribution in [0, 0.1) is 47.3 Å². The Bertz CT molecular complexity index is 752. The molecule has 1 fully saturated rings. The third-order valence-electron chi connectivity index (χ3n) is 6.23. The Morgan fingerprint density at radius 2 is 0.718 bits per heavy atom. The van der Waals surface area contributed by atoms with Gasteiger partial charge in [0.2, 0.25) is 0 Å². The van der Waals surface area contributed by atoms with Gasteiger partial charge in [-0.1, -0.05) is 55.4 Å². The van der Waals surface area contributed by atoms with E-state index in [4.69, 9.17) is 15.3 Å². The van der Waals surface area contributed by atoms with Crippen LogP contribution in [-0.4, -0.2) is 63.1 Å². The van der Waals surface area contributed by atoms with E-state index >= 15 is 0 Å². The SMILES string of the molecule is CC(C(=O)O)C(C)C(=O)O.CC(C(=O)[O-])C(C)C(=O)O.CC(C(=O)[O-])C(C)C(=O)[O-].CC1C(=O)OC(=O)C1C. The number of hydrogen-bond acceptors (Lipinski definition) is 12. The minimum atomic E-state index is -1.36. The lowest BCUT2D eigenvalue weighted by atomic mass is 9.97. The van der Waals surface area contributed by atoms with Crippen molar-refractivity contribution in [3.63, 3.8) is 0 Å². The van der Waals surface area contributed by atoms with Gasteiger partial charge in [0.25, 0.3) is 0 Å². The fourth-order valence-corrected chi connectivity index (χ4v) is 1.95. The molecule has 0 aromatic heterocycles. The van der Waals surface area contributed by atoms with E-state index in [9.17, 15) is 53.7 Å². The average molecular weight is 564 g/mol. The molecule has 39 heavy (non-hydrogen) atoms. The number of aliphatic carboxylic acids is 6. The summed E-state index contributed by atoms with van der Waals surface area (Å²) in [6, 6.07) is 0. The normalized spacial score (nSPS) is 20.2. The number of carboxylic acid groups (broad SMARTS) is 6. The molecule has 0 bridgehead atoms. The Morgan fingerprint density at radius 1 is 0.538 bits per heavy atom. The largest absolute Gasteiger partial charge is 0.550 e. The maximum absolute atomic E-state index is 10.6. The minimum Gasteiger partial charge on any atom is -0.550 e. The maximum atomic E-state index is 10.6. The Kier molecular flexibility index (Phi) is 18.5. The summed E-state index contributed by atoms with van der Waals surface area (Å²) in [7, 11) is 0. The third-order valence-corrected chi connectivity index (χ3v) is 6.23. The number of carbonyl (C=O) groups excluding carboxylic acids is 5. The number of rotatable bonds is 9. The van der Waals surface area contributed by atoms with Gasteiger partial charge in [-0.15, -0.1) is 0 Å². The fourth-order valence-electron chi connectivity index (χ4n) is 1.95. The van der Waals surface area contributed by atoms with E-state index in [2.05, 4.69) is 4.74 Å². The number of cyclic esters (lactones) is 2. The lowest BCUT2D eigenvalue weighted by Crippen LogP contribution is -2.41. The van der Waals surface area contributed by atoms with E-state index in [1.54, 1.807) is 13.8 Å². The van der Waals surface area contributed by atoms with E-state index in [1.807, 2.05) is 0 Å². The lowest BCUT2D eigenvalue weighted by molar-refractivity contribution is -0.325. The van der Waals surface area contributed by atoms with Gasteiger partial charge in [0, 0.05) is 35.7 Å². The first kappa shape index (κ1) is 39.5. The van der Waals surface area contributed by atoms with Crippen LogP contribution in [0.15, 0.2) is 0 Å². The Morgan fingerprint density at radius 3 is 0.821 bits per heavy atom. The molecular formula is C24H35O15-3. The van der Waals surface area contributed by atoms with Crippen molar-refractivity contribution in [2.75, 3.05) is 0 Å². The van der Waals surface area contributed by atoms with Crippen molar-refractivity contribution in [1.29, 1.82) is 0 Å². The Balaban J connectivity index is -0.000000443. The van der Waals surface area contributed by atoms with Crippen LogP contribution in [0.5, 0.6) is 0 Å². The zero-order valence-electron chi connectivity index (χ0n) is 22.9. The Hall–Kier alpha value is -4.04. The molecule has 1 rings (SSSR count). The zero-order chi connectivity index (χ0) is 31.9. The van der Waals surface area contributed by atoms with Crippen molar-refractivity contribution in [3.05, 3.63) is 0 Å². The molecule has 0 aromatic rings. The second-order valence-electron chi connectivity index (χ2n) is 9.02. The molecule has 0 aliphatic carbocycles. The van der Waals surface area contributed by atoms with Gasteiger partial charge in [0.15, 0.2) is 0 Å². The monoisotopic (exact) mass is 563 g/mol. The van der Waals surface area contributed by atoms with Crippen molar-refractivity contribution in [3.8, 4) is 0 Å². The summed E-state index contributed by atoms with van der Waals surface area (Å²) in [5, 5.41) is 55.1. The highest BCUT2D eigenvalue weighted by Crippen LogP contribution is 2.21. The number of hydrogen-bond donors (Lipinski definition) is 3. The van der Waals surface area contributed by atoms with Crippen LogP contribution in [0.1, 0.15) is 55.4 Å². The third kappa shape index (κ3) is 15.1. The average Bonchev–Trinajstić information content (AvgIpc) is 3.06. The summed E-state index contributed by atoms with van der Waals surface area (Å²) in [5.41, 5.74) is 0. The smallest absolute Gasteiger partial charge is 0.317 e. The van der Waals surface area contributed by atoms with Crippen molar-refractivity contribution >= 4 is 47.8 Å². The van der Waals surface area contributed by atoms with Crippen LogP contribution in [0.3, 0.4) is 0 Å². The van der Waals surface area contributed by atoms with Gasteiger partial charge in [-0.25, -0.2) is 0 Å². The topological polar surface area (TPSA) is 276 Å². The molecule has 0 saturated carbocycles. The van der Waals surface area contributed by atoms with Crippen molar-refractivity contribution in [1.82, 2.24) is 0 Å². The van der Waals surface area contributed by atoms with E-state index < -0.39 is 83.3 Å². The quantitative estimate of drug-likeness (QED) is 0.195. The molecular weight excluding hydrogens is 528 g/mol. The molecule has 1 saturated heterocycles. The van der Waals surface area contributed by atoms with Gasteiger partial charge >= 0.3 is 29.8 Å². The molecule has 0 spiro atoms. The van der Waals surface area contributed by atoms with Gasteiger partial charge in [-0.3, -0.25) is 24.0 Å². The van der Waals surface area contributed by atoms with Gasteiger partial charge in [-0.2, -0.15) is 0 Å². The van der Waals surface area contributed by atoms with Gasteiger partial charge in [-0.05, 0) is 0 Å². The first-order valence-electron chi connectivity index (χ1n) is 11.6. The molecule has 0 radical (unpaired) electrons. The summed E-state index contributed by atoms with van der Waals surface area (Å²) >= 11 is 0. The number of esters is 2. The molecule has 1 aliphatic rings. The second-order valence-corrected chi connectivity index (χ2v) is 9.02. The van der Waals surface area contributed by atoms with Crippen LogP contribution in [0.4, 0.5) is 0 Å². The highest BCUT2D eigenvalue weighted by Gasteiger charge is 2.37. The highest BCUT2D eigenvalue weighted by molar-refractivity contribution is 5.95. The summed E-state index contributed by atoms with van der Waals surface area (Å²) in [6.07, 6.45) is 0. The van der Waals surface area contributed by atoms with Crippen LogP contribution < -0.4 is 15.3 Å². The zero-order valence-corrected chi connectivity index (χ0v) is 22.9.